The molecule has 5 nitrogen and oxygen atoms in total. The topological polar surface area (TPSA) is 38.9 Å². The first-order valence-corrected chi connectivity index (χ1v) is 9.83. The van der Waals surface area contributed by atoms with Crippen LogP contribution in [0.2, 0.25) is 0 Å². The van der Waals surface area contributed by atoms with E-state index in [1.165, 1.54) is 11.1 Å². The SMILES string of the molecule is C=CCn1c(-c2cccnc2)nn(CN2CC=C(c3ccccc3)CC2)c1=S. The van der Waals surface area contributed by atoms with Crippen LogP contribution in [0.1, 0.15) is 12.0 Å². The molecule has 3 heterocycles. The van der Waals surface area contributed by atoms with Gasteiger partial charge in [-0.05, 0) is 41.9 Å². The van der Waals surface area contributed by atoms with Crippen molar-refractivity contribution in [3.05, 3.63) is 83.9 Å². The number of nitrogens with zero attached hydrogens (tertiary/aromatic N) is 5. The van der Waals surface area contributed by atoms with E-state index in [9.17, 15) is 0 Å². The standard InChI is InChI=1S/C22H23N5S/c1-2-13-26-21(20-9-6-12-23-16-20)24-27(22(26)28)17-25-14-10-19(11-15-25)18-7-4-3-5-8-18/h2-10,12,16H,1,11,13-15,17H2. The molecule has 0 amide bonds. The Morgan fingerprint density at radius 2 is 1.93 bits per heavy atom. The van der Waals surface area contributed by atoms with Gasteiger partial charge in [-0.15, -0.1) is 6.58 Å². The largest absolute Gasteiger partial charge is 0.296 e. The number of rotatable bonds is 6. The smallest absolute Gasteiger partial charge is 0.199 e. The number of benzene rings is 1. The lowest BCUT2D eigenvalue weighted by Crippen LogP contribution is -2.31. The summed E-state index contributed by atoms with van der Waals surface area (Å²) in [6.45, 7) is 7.03. The van der Waals surface area contributed by atoms with Crippen molar-refractivity contribution in [1.82, 2.24) is 24.2 Å². The fraction of sp³-hybridized carbons (Fsp3) is 0.227. The molecule has 142 valence electrons. The van der Waals surface area contributed by atoms with Crippen LogP contribution in [0, 0.1) is 4.77 Å². The van der Waals surface area contributed by atoms with Gasteiger partial charge in [-0.2, -0.15) is 5.10 Å². The molecule has 0 fully saturated rings. The Morgan fingerprint density at radius 3 is 2.61 bits per heavy atom. The Balaban J connectivity index is 1.55. The molecule has 0 saturated heterocycles. The molecule has 0 atom stereocenters. The highest BCUT2D eigenvalue weighted by atomic mass is 32.1. The van der Waals surface area contributed by atoms with E-state index in [0.29, 0.717) is 18.0 Å². The van der Waals surface area contributed by atoms with E-state index in [0.717, 1.165) is 30.9 Å². The van der Waals surface area contributed by atoms with E-state index in [1.54, 1.807) is 6.20 Å². The molecule has 0 bridgehead atoms. The molecule has 2 aromatic heterocycles. The van der Waals surface area contributed by atoms with Gasteiger partial charge in [-0.3, -0.25) is 14.5 Å². The van der Waals surface area contributed by atoms with Crippen molar-refractivity contribution in [2.75, 3.05) is 13.1 Å². The summed E-state index contributed by atoms with van der Waals surface area (Å²) in [7, 11) is 0. The van der Waals surface area contributed by atoms with Gasteiger partial charge in [-0.25, -0.2) is 4.68 Å². The Morgan fingerprint density at radius 1 is 1.11 bits per heavy atom. The predicted molar refractivity (Wildman–Crippen MR) is 115 cm³/mol. The molecule has 3 aromatic rings. The summed E-state index contributed by atoms with van der Waals surface area (Å²) >= 11 is 5.70. The second kappa shape index (κ2) is 8.46. The zero-order chi connectivity index (χ0) is 19.3. The van der Waals surface area contributed by atoms with E-state index in [4.69, 9.17) is 17.3 Å². The van der Waals surface area contributed by atoms with Gasteiger partial charge < -0.3 is 0 Å². The van der Waals surface area contributed by atoms with Crippen molar-refractivity contribution in [2.45, 2.75) is 19.6 Å². The van der Waals surface area contributed by atoms with Gasteiger partial charge in [0.25, 0.3) is 0 Å². The van der Waals surface area contributed by atoms with Crippen LogP contribution in [0.3, 0.4) is 0 Å². The quantitative estimate of drug-likeness (QED) is 0.462. The van der Waals surface area contributed by atoms with Crippen LogP contribution >= 0.6 is 12.2 Å². The second-order valence-electron chi connectivity index (χ2n) is 6.81. The van der Waals surface area contributed by atoms with Crippen LogP contribution in [0.5, 0.6) is 0 Å². The normalized spacial score (nSPS) is 14.6. The molecule has 1 aromatic carbocycles. The minimum absolute atomic E-state index is 0.626. The summed E-state index contributed by atoms with van der Waals surface area (Å²) in [4.78, 5) is 6.58. The Labute approximate surface area is 170 Å². The molecule has 0 aliphatic carbocycles. The third-order valence-corrected chi connectivity index (χ3v) is 5.36. The van der Waals surface area contributed by atoms with Crippen LogP contribution in [0.15, 0.2) is 73.6 Å². The van der Waals surface area contributed by atoms with E-state index in [2.05, 4.69) is 52.9 Å². The Bertz CT molecular complexity index is 1030. The lowest BCUT2D eigenvalue weighted by Gasteiger charge is -2.26. The third-order valence-electron chi connectivity index (χ3n) is 4.93. The summed E-state index contributed by atoms with van der Waals surface area (Å²) in [5.74, 6) is 0.829. The van der Waals surface area contributed by atoms with Crippen molar-refractivity contribution in [1.29, 1.82) is 0 Å². The van der Waals surface area contributed by atoms with Crippen LogP contribution in [-0.2, 0) is 13.2 Å². The van der Waals surface area contributed by atoms with Gasteiger partial charge in [0.2, 0.25) is 0 Å². The van der Waals surface area contributed by atoms with Gasteiger partial charge in [0, 0.05) is 37.6 Å². The lowest BCUT2D eigenvalue weighted by atomic mass is 10.00. The summed E-state index contributed by atoms with van der Waals surface area (Å²) in [5, 5.41) is 4.80. The van der Waals surface area contributed by atoms with Crippen molar-refractivity contribution < 1.29 is 0 Å². The first kappa shape index (κ1) is 18.5. The maximum atomic E-state index is 5.70. The van der Waals surface area contributed by atoms with Crippen LogP contribution in [0.4, 0.5) is 0 Å². The molecule has 0 N–H and O–H groups in total. The monoisotopic (exact) mass is 389 g/mol. The van der Waals surface area contributed by atoms with Crippen molar-refractivity contribution in [3.63, 3.8) is 0 Å². The van der Waals surface area contributed by atoms with Crippen LogP contribution in [0.25, 0.3) is 17.0 Å². The average molecular weight is 390 g/mol. The molecule has 6 heteroatoms. The molecular weight excluding hydrogens is 366 g/mol. The van der Waals surface area contributed by atoms with Crippen molar-refractivity contribution in [2.24, 2.45) is 0 Å². The van der Waals surface area contributed by atoms with Crippen molar-refractivity contribution in [3.8, 4) is 11.4 Å². The van der Waals surface area contributed by atoms with Gasteiger partial charge in [0.15, 0.2) is 10.6 Å². The highest BCUT2D eigenvalue weighted by Crippen LogP contribution is 2.23. The molecule has 1 aliphatic heterocycles. The maximum absolute atomic E-state index is 5.70. The predicted octanol–water partition coefficient (Wildman–Crippen LogP) is 4.41. The Kier molecular flexibility index (Phi) is 5.60. The minimum atomic E-state index is 0.626. The highest BCUT2D eigenvalue weighted by molar-refractivity contribution is 7.71. The molecular formula is C22H23N5S. The number of hydrogen-bond acceptors (Lipinski definition) is 4. The summed E-state index contributed by atoms with van der Waals surface area (Å²) < 4.78 is 4.62. The fourth-order valence-electron chi connectivity index (χ4n) is 3.48. The van der Waals surface area contributed by atoms with Gasteiger partial charge >= 0.3 is 0 Å². The number of hydrogen-bond donors (Lipinski definition) is 0. The summed E-state index contributed by atoms with van der Waals surface area (Å²) in [6.07, 6.45) is 8.76. The fourth-order valence-corrected chi connectivity index (χ4v) is 3.74. The van der Waals surface area contributed by atoms with Gasteiger partial charge in [0.05, 0.1) is 6.67 Å². The number of aromatic nitrogens is 4. The molecule has 0 radical (unpaired) electrons. The number of pyridine rings is 1. The van der Waals surface area contributed by atoms with Crippen LogP contribution < -0.4 is 0 Å². The Hall–Kier alpha value is -2.83. The molecule has 0 saturated carbocycles. The second-order valence-corrected chi connectivity index (χ2v) is 7.18. The lowest BCUT2D eigenvalue weighted by molar-refractivity contribution is 0.226. The van der Waals surface area contributed by atoms with E-state index in [-0.39, 0.29) is 0 Å². The van der Waals surface area contributed by atoms with Gasteiger partial charge in [0.1, 0.15) is 0 Å². The molecule has 0 unspecified atom stereocenters. The first-order chi connectivity index (χ1) is 13.8. The third kappa shape index (κ3) is 3.88. The summed E-state index contributed by atoms with van der Waals surface area (Å²) in [5.41, 5.74) is 3.68. The molecule has 4 rings (SSSR count). The van der Waals surface area contributed by atoms with Crippen molar-refractivity contribution >= 4 is 17.8 Å². The molecule has 0 spiro atoms. The van der Waals surface area contributed by atoms with E-state index < -0.39 is 0 Å². The van der Waals surface area contributed by atoms with Gasteiger partial charge in [-0.1, -0.05) is 42.5 Å². The highest BCUT2D eigenvalue weighted by Gasteiger charge is 2.17. The van der Waals surface area contributed by atoms with E-state index in [1.807, 2.05) is 33.7 Å². The average Bonchev–Trinajstić information content (AvgIpc) is 3.06. The van der Waals surface area contributed by atoms with Crippen LogP contribution in [-0.4, -0.2) is 37.3 Å². The zero-order valence-electron chi connectivity index (χ0n) is 15.7. The maximum Gasteiger partial charge on any atom is 0.199 e. The minimum Gasteiger partial charge on any atom is -0.296 e. The summed E-state index contributed by atoms with van der Waals surface area (Å²) in [6, 6.07) is 14.5. The van der Waals surface area contributed by atoms with E-state index >= 15 is 0 Å². The molecule has 28 heavy (non-hydrogen) atoms. The molecule has 1 aliphatic rings. The first-order valence-electron chi connectivity index (χ1n) is 9.42. The zero-order valence-corrected chi connectivity index (χ0v) is 16.6. The number of allylic oxidation sites excluding steroid dienone is 1.